The molecule has 24 heavy (non-hydrogen) atoms. The van der Waals surface area contributed by atoms with Crippen LogP contribution in [0.3, 0.4) is 0 Å². The number of carbonyl (C=O) groups is 1. The minimum absolute atomic E-state index is 0.00557. The molecular weight excluding hydrogens is 309 g/mol. The normalized spacial score (nSPS) is 20.6. The van der Waals surface area contributed by atoms with Crippen molar-refractivity contribution < 1.29 is 14.3 Å². The van der Waals surface area contributed by atoms with E-state index in [1.807, 2.05) is 19.9 Å². The third-order valence-corrected chi connectivity index (χ3v) is 4.78. The van der Waals surface area contributed by atoms with Gasteiger partial charge in [-0.05, 0) is 43.9 Å². The summed E-state index contributed by atoms with van der Waals surface area (Å²) < 4.78 is 13.4. The molecule has 0 spiro atoms. The van der Waals surface area contributed by atoms with Crippen LogP contribution in [0.25, 0.3) is 0 Å². The van der Waals surface area contributed by atoms with Gasteiger partial charge in [0.2, 0.25) is 0 Å². The number of aliphatic hydroxyl groups is 1. The molecule has 0 bridgehead atoms. The van der Waals surface area contributed by atoms with Gasteiger partial charge in [-0.2, -0.15) is 0 Å². The molecular formula is C18H28FN3O2. The predicted octanol–water partition coefficient (Wildman–Crippen LogP) is 2.50. The number of rotatable bonds is 5. The van der Waals surface area contributed by atoms with Crippen LogP contribution in [0.15, 0.2) is 24.3 Å². The first-order valence-electron chi connectivity index (χ1n) is 8.55. The fourth-order valence-corrected chi connectivity index (χ4v) is 2.70. The summed E-state index contributed by atoms with van der Waals surface area (Å²) in [6.07, 6.45) is 1.82. The maximum Gasteiger partial charge on any atom is 0.315 e. The quantitative estimate of drug-likeness (QED) is 0.773. The van der Waals surface area contributed by atoms with Crippen molar-refractivity contribution in [2.75, 3.05) is 24.5 Å². The Bertz CT molecular complexity index is 563. The van der Waals surface area contributed by atoms with Crippen LogP contribution in [0.5, 0.6) is 0 Å². The van der Waals surface area contributed by atoms with E-state index in [2.05, 4.69) is 15.5 Å². The van der Waals surface area contributed by atoms with Crippen LogP contribution < -0.4 is 15.5 Å². The number of nitrogens with zero attached hydrogens (tertiary/aromatic N) is 1. The Morgan fingerprint density at radius 1 is 1.50 bits per heavy atom. The van der Waals surface area contributed by atoms with E-state index < -0.39 is 5.60 Å². The molecule has 1 aromatic rings. The van der Waals surface area contributed by atoms with Gasteiger partial charge in [0.1, 0.15) is 5.82 Å². The van der Waals surface area contributed by atoms with Gasteiger partial charge >= 0.3 is 6.03 Å². The van der Waals surface area contributed by atoms with Gasteiger partial charge in [-0.15, -0.1) is 0 Å². The summed E-state index contributed by atoms with van der Waals surface area (Å²) in [5, 5.41) is 15.9. The summed E-state index contributed by atoms with van der Waals surface area (Å²) in [6.45, 7) is 7.25. The van der Waals surface area contributed by atoms with Gasteiger partial charge in [-0.3, -0.25) is 0 Å². The average Bonchev–Trinajstić information content (AvgIpc) is 2.53. The van der Waals surface area contributed by atoms with Gasteiger partial charge in [0.05, 0.1) is 5.60 Å². The summed E-state index contributed by atoms with van der Waals surface area (Å²) >= 11 is 0. The Morgan fingerprint density at radius 2 is 2.25 bits per heavy atom. The number of nitrogens with one attached hydrogen (secondary N) is 2. The summed E-state index contributed by atoms with van der Waals surface area (Å²) in [7, 11) is 0. The summed E-state index contributed by atoms with van der Waals surface area (Å²) in [5.41, 5.74) is -0.0954. The number of piperidine rings is 1. The number of benzene rings is 1. The second kappa shape index (κ2) is 7.83. The minimum Gasteiger partial charge on any atom is -0.388 e. The van der Waals surface area contributed by atoms with Crippen molar-refractivity contribution in [3.05, 3.63) is 30.1 Å². The van der Waals surface area contributed by atoms with Crippen LogP contribution in [0.4, 0.5) is 14.9 Å². The molecule has 1 aliphatic heterocycles. The predicted molar refractivity (Wildman–Crippen MR) is 93.6 cm³/mol. The van der Waals surface area contributed by atoms with E-state index >= 15 is 0 Å². The summed E-state index contributed by atoms with van der Waals surface area (Å²) in [4.78, 5) is 14.2. The van der Waals surface area contributed by atoms with Crippen molar-refractivity contribution >= 4 is 11.7 Å². The van der Waals surface area contributed by atoms with Gasteiger partial charge in [0.25, 0.3) is 0 Å². The first-order valence-corrected chi connectivity index (χ1v) is 8.55. The Morgan fingerprint density at radius 3 is 2.92 bits per heavy atom. The van der Waals surface area contributed by atoms with E-state index in [4.69, 9.17) is 0 Å². The third-order valence-electron chi connectivity index (χ3n) is 4.78. The number of hydrogen-bond acceptors (Lipinski definition) is 3. The van der Waals surface area contributed by atoms with Crippen molar-refractivity contribution in [3.8, 4) is 0 Å². The van der Waals surface area contributed by atoms with Crippen LogP contribution in [-0.2, 0) is 0 Å². The van der Waals surface area contributed by atoms with Crippen molar-refractivity contribution in [2.24, 2.45) is 5.92 Å². The summed E-state index contributed by atoms with van der Waals surface area (Å²) in [5.74, 6) is -0.202. The molecule has 134 valence electrons. The molecule has 2 unspecified atom stereocenters. The van der Waals surface area contributed by atoms with E-state index in [1.54, 1.807) is 13.0 Å². The van der Waals surface area contributed by atoms with Gasteiger partial charge in [0, 0.05) is 31.4 Å². The highest BCUT2D eigenvalue weighted by molar-refractivity contribution is 5.74. The van der Waals surface area contributed by atoms with Crippen LogP contribution in [0.2, 0.25) is 0 Å². The van der Waals surface area contributed by atoms with Crippen LogP contribution in [0.1, 0.15) is 33.6 Å². The lowest BCUT2D eigenvalue weighted by Gasteiger charge is -2.35. The molecule has 2 amide bonds. The summed E-state index contributed by atoms with van der Waals surface area (Å²) in [6, 6.07) is 6.25. The first kappa shape index (κ1) is 18.5. The Hall–Kier alpha value is -1.82. The maximum atomic E-state index is 13.4. The van der Waals surface area contributed by atoms with Gasteiger partial charge in [-0.25, -0.2) is 9.18 Å². The van der Waals surface area contributed by atoms with E-state index in [1.165, 1.54) is 12.1 Å². The Labute approximate surface area is 143 Å². The molecule has 0 radical (unpaired) electrons. The lowest BCUT2D eigenvalue weighted by molar-refractivity contribution is 0.0165. The zero-order valence-electron chi connectivity index (χ0n) is 14.7. The van der Waals surface area contributed by atoms with E-state index in [0.29, 0.717) is 6.54 Å². The molecule has 1 aromatic carbocycles. The zero-order chi connectivity index (χ0) is 17.7. The second-order valence-electron chi connectivity index (χ2n) is 7.10. The zero-order valence-corrected chi connectivity index (χ0v) is 14.7. The van der Waals surface area contributed by atoms with Crippen molar-refractivity contribution in [1.29, 1.82) is 0 Å². The molecule has 1 heterocycles. The molecule has 0 aliphatic carbocycles. The first-order chi connectivity index (χ1) is 11.3. The highest BCUT2D eigenvalue weighted by Crippen LogP contribution is 2.20. The number of hydrogen-bond donors (Lipinski definition) is 3. The maximum absolute atomic E-state index is 13.4. The Balaban J connectivity index is 1.85. The highest BCUT2D eigenvalue weighted by Gasteiger charge is 2.26. The molecule has 2 atom stereocenters. The number of urea groups is 1. The van der Waals surface area contributed by atoms with Crippen LogP contribution in [-0.4, -0.2) is 42.4 Å². The fourth-order valence-electron chi connectivity index (χ4n) is 2.70. The van der Waals surface area contributed by atoms with Gasteiger partial charge in [0.15, 0.2) is 0 Å². The SMILES string of the molecule is CC(C)C(C)(O)CNC(=O)NC1CCCN(c2cccc(F)c2)C1. The van der Waals surface area contributed by atoms with Gasteiger partial charge < -0.3 is 20.6 Å². The van der Waals surface area contributed by atoms with E-state index in [0.717, 1.165) is 25.1 Å². The van der Waals surface area contributed by atoms with Crippen LogP contribution >= 0.6 is 0 Å². The molecule has 0 saturated carbocycles. The molecule has 2 rings (SSSR count). The van der Waals surface area contributed by atoms with Crippen molar-refractivity contribution in [3.63, 3.8) is 0 Å². The fraction of sp³-hybridized carbons (Fsp3) is 0.611. The highest BCUT2D eigenvalue weighted by atomic mass is 19.1. The van der Waals surface area contributed by atoms with Crippen molar-refractivity contribution in [2.45, 2.75) is 45.3 Å². The minimum atomic E-state index is -0.933. The molecule has 6 heteroatoms. The average molecular weight is 337 g/mol. The monoisotopic (exact) mass is 337 g/mol. The third kappa shape index (κ3) is 5.09. The molecule has 1 fully saturated rings. The smallest absolute Gasteiger partial charge is 0.315 e. The number of amides is 2. The second-order valence-corrected chi connectivity index (χ2v) is 7.10. The molecule has 1 saturated heterocycles. The Kier molecular flexibility index (Phi) is 6.04. The molecule has 5 nitrogen and oxygen atoms in total. The molecule has 0 aromatic heterocycles. The number of halogens is 1. The standard InChI is InChI=1S/C18H28FN3O2/c1-13(2)18(3,24)12-20-17(23)21-15-7-5-9-22(11-15)16-8-4-6-14(19)10-16/h4,6,8,10,13,15,24H,5,7,9,11-12H2,1-3H3,(H2,20,21,23). The number of carbonyl (C=O) groups excluding carboxylic acids is 1. The molecule has 1 aliphatic rings. The van der Waals surface area contributed by atoms with Crippen LogP contribution in [0, 0.1) is 11.7 Å². The van der Waals surface area contributed by atoms with E-state index in [-0.39, 0.29) is 30.4 Å². The van der Waals surface area contributed by atoms with Crippen molar-refractivity contribution in [1.82, 2.24) is 10.6 Å². The lowest BCUT2D eigenvalue weighted by atomic mass is 9.93. The largest absolute Gasteiger partial charge is 0.388 e. The lowest BCUT2D eigenvalue weighted by Crippen LogP contribution is -2.53. The topological polar surface area (TPSA) is 64.6 Å². The van der Waals surface area contributed by atoms with Gasteiger partial charge in [-0.1, -0.05) is 19.9 Å². The van der Waals surface area contributed by atoms with E-state index in [9.17, 15) is 14.3 Å². The number of anilines is 1. The molecule has 3 N–H and O–H groups in total.